The molecule has 2 fully saturated rings. The summed E-state index contributed by atoms with van der Waals surface area (Å²) in [6.45, 7) is 11.8. The zero-order valence-electron chi connectivity index (χ0n) is 20.8. The largest absolute Gasteiger partial charge is 0.371 e. The summed E-state index contributed by atoms with van der Waals surface area (Å²) in [7, 11) is 0. The molecule has 0 bridgehead atoms. The van der Waals surface area contributed by atoms with Crippen molar-refractivity contribution >= 4 is 23.3 Å². The lowest BCUT2D eigenvalue weighted by molar-refractivity contribution is 0.0949. The number of hydrogen-bond acceptors (Lipinski definition) is 4. The highest BCUT2D eigenvalue weighted by molar-refractivity contribution is 6.02. The van der Waals surface area contributed by atoms with E-state index in [1.165, 1.54) is 19.3 Å². The van der Waals surface area contributed by atoms with Crippen molar-refractivity contribution in [1.29, 1.82) is 0 Å². The topological polar surface area (TPSA) is 76.7 Å². The molecular formula is C26H43N5O2. The molecule has 184 valence electrons. The molecule has 7 nitrogen and oxygen atoms in total. The van der Waals surface area contributed by atoms with E-state index in [9.17, 15) is 9.59 Å². The number of carbonyl (C=O) groups is 2. The first-order valence-electron chi connectivity index (χ1n) is 13.0. The van der Waals surface area contributed by atoms with Crippen LogP contribution in [0, 0.1) is 5.92 Å². The second-order valence-electron chi connectivity index (χ2n) is 9.62. The normalized spacial score (nSPS) is 17.8. The summed E-state index contributed by atoms with van der Waals surface area (Å²) in [6.07, 6.45) is 7.95. The predicted molar refractivity (Wildman–Crippen MR) is 136 cm³/mol. The lowest BCUT2D eigenvalue weighted by Gasteiger charge is -2.33. The quantitative estimate of drug-likeness (QED) is 0.512. The number of urea groups is 1. The molecule has 3 rings (SSSR count). The van der Waals surface area contributed by atoms with E-state index in [2.05, 4.69) is 46.5 Å². The second-order valence-corrected chi connectivity index (χ2v) is 9.62. The zero-order chi connectivity index (χ0) is 23.6. The Morgan fingerprint density at radius 3 is 2.39 bits per heavy atom. The number of likely N-dealkylation sites (N-methyl/N-ethyl adjacent to an activating group) is 1. The SMILES string of the molecule is CCN(CC)CCNC(=O)c1cc(NC(=O)NC2CCCCC2)ccc1N1CCC(C)CC1. The third kappa shape index (κ3) is 7.63. The van der Waals surface area contributed by atoms with Crippen molar-refractivity contribution < 1.29 is 9.59 Å². The fourth-order valence-corrected chi connectivity index (χ4v) is 4.88. The summed E-state index contributed by atoms with van der Waals surface area (Å²) < 4.78 is 0. The van der Waals surface area contributed by atoms with Crippen LogP contribution in [0.15, 0.2) is 18.2 Å². The molecule has 1 saturated heterocycles. The summed E-state index contributed by atoms with van der Waals surface area (Å²) in [5.74, 6) is 0.643. The van der Waals surface area contributed by atoms with Crippen molar-refractivity contribution in [2.45, 2.75) is 71.8 Å². The first-order chi connectivity index (χ1) is 16.0. The van der Waals surface area contributed by atoms with E-state index in [-0.39, 0.29) is 18.0 Å². The fraction of sp³-hybridized carbons (Fsp3) is 0.692. The number of rotatable bonds is 9. The maximum absolute atomic E-state index is 13.2. The lowest BCUT2D eigenvalue weighted by atomic mass is 9.96. The van der Waals surface area contributed by atoms with Crippen molar-refractivity contribution in [3.63, 3.8) is 0 Å². The van der Waals surface area contributed by atoms with Crippen LogP contribution in [0.25, 0.3) is 0 Å². The van der Waals surface area contributed by atoms with Crippen molar-refractivity contribution in [2.75, 3.05) is 49.5 Å². The Bertz CT molecular complexity index is 766. The summed E-state index contributed by atoms with van der Waals surface area (Å²) in [5.41, 5.74) is 2.26. The number of benzene rings is 1. The van der Waals surface area contributed by atoms with Gasteiger partial charge in [0.2, 0.25) is 0 Å². The maximum atomic E-state index is 13.2. The summed E-state index contributed by atoms with van der Waals surface area (Å²) in [6, 6.07) is 5.80. The molecule has 3 N–H and O–H groups in total. The third-order valence-electron chi connectivity index (χ3n) is 7.17. The van der Waals surface area contributed by atoms with E-state index in [4.69, 9.17) is 0 Å². The Balaban J connectivity index is 1.70. The second kappa shape index (κ2) is 12.8. The number of piperidine rings is 1. The van der Waals surface area contributed by atoms with Crippen LogP contribution in [0.5, 0.6) is 0 Å². The van der Waals surface area contributed by atoms with Crippen LogP contribution < -0.4 is 20.9 Å². The number of hydrogen-bond donors (Lipinski definition) is 3. The highest BCUT2D eigenvalue weighted by Crippen LogP contribution is 2.29. The van der Waals surface area contributed by atoms with Gasteiger partial charge in [-0.05, 0) is 62.9 Å². The minimum Gasteiger partial charge on any atom is -0.371 e. The van der Waals surface area contributed by atoms with Crippen molar-refractivity contribution in [3.8, 4) is 0 Å². The Kier molecular flexibility index (Phi) is 9.85. The van der Waals surface area contributed by atoms with Crippen LogP contribution >= 0.6 is 0 Å². The van der Waals surface area contributed by atoms with Crippen LogP contribution in [0.1, 0.15) is 76.1 Å². The molecule has 1 aliphatic carbocycles. The summed E-state index contributed by atoms with van der Waals surface area (Å²) >= 11 is 0. The molecule has 1 aromatic carbocycles. The van der Waals surface area contributed by atoms with Crippen LogP contribution in [0.2, 0.25) is 0 Å². The minimum absolute atomic E-state index is 0.0767. The molecule has 0 unspecified atom stereocenters. The molecule has 7 heteroatoms. The van der Waals surface area contributed by atoms with Gasteiger partial charge in [0, 0.05) is 43.6 Å². The molecule has 0 aromatic heterocycles. The molecule has 2 aliphatic rings. The Hall–Kier alpha value is -2.28. The monoisotopic (exact) mass is 457 g/mol. The molecule has 1 aliphatic heterocycles. The highest BCUT2D eigenvalue weighted by Gasteiger charge is 2.22. The molecule has 1 heterocycles. The smallest absolute Gasteiger partial charge is 0.319 e. The average molecular weight is 458 g/mol. The predicted octanol–water partition coefficient (Wildman–Crippen LogP) is 4.45. The number of anilines is 2. The first kappa shape index (κ1) is 25.3. The van der Waals surface area contributed by atoms with Crippen LogP contribution in [-0.2, 0) is 0 Å². The van der Waals surface area contributed by atoms with Gasteiger partial charge in [-0.25, -0.2) is 4.79 Å². The Morgan fingerprint density at radius 1 is 1.03 bits per heavy atom. The van der Waals surface area contributed by atoms with Gasteiger partial charge in [-0.15, -0.1) is 0 Å². The Labute approximate surface area is 199 Å². The van der Waals surface area contributed by atoms with Gasteiger partial charge in [-0.1, -0.05) is 40.0 Å². The van der Waals surface area contributed by atoms with Gasteiger partial charge in [0.25, 0.3) is 5.91 Å². The van der Waals surface area contributed by atoms with E-state index in [1.807, 2.05) is 18.2 Å². The third-order valence-corrected chi connectivity index (χ3v) is 7.17. The molecule has 0 spiro atoms. The van der Waals surface area contributed by atoms with Gasteiger partial charge in [-0.2, -0.15) is 0 Å². The van der Waals surface area contributed by atoms with Gasteiger partial charge < -0.3 is 25.8 Å². The Morgan fingerprint density at radius 2 is 1.73 bits per heavy atom. The van der Waals surface area contributed by atoms with Crippen LogP contribution in [0.4, 0.5) is 16.2 Å². The number of carbonyl (C=O) groups excluding carboxylic acids is 2. The standard InChI is InChI=1S/C26H43N5O2/c1-4-30(5-2)18-15-27-25(32)23-19-22(29-26(33)28-21-9-7-6-8-10-21)11-12-24(23)31-16-13-20(3)14-17-31/h11-12,19-21H,4-10,13-18H2,1-3H3,(H,27,32)(H2,28,29,33). The van der Waals surface area contributed by atoms with E-state index in [0.29, 0.717) is 17.8 Å². The zero-order valence-corrected chi connectivity index (χ0v) is 20.8. The minimum atomic E-state index is -0.186. The van der Waals surface area contributed by atoms with Crippen molar-refractivity contribution in [1.82, 2.24) is 15.5 Å². The van der Waals surface area contributed by atoms with Crippen molar-refractivity contribution in [3.05, 3.63) is 23.8 Å². The van der Waals surface area contributed by atoms with E-state index in [0.717, 1.165) is 70.0 Å². The summed E-state index contributed by atoms with van der Waals surface area (Å²) in [5, 5.41) is 9.15. The van der Waals surface area contributed by atoms with Crippen LogP contribution in [-0.4, -0.2) is 62.1 Å². The van der Waals surface area contributed by atoms with Gasteiger partial charge in [-0.3, -0.25) is 4.79 Å². The highest BCUT2D eigenvalue weighted by atomic mass is 16.2. The number of nitrogens with one attached hydrogen (secondary N) is 3. The average Bonchev–Trinajstić information content (AvgIpc) is 2.83. The number of amides is 3. The molecule has 0 radical (unpaired) electrons. The molecule has 1 saturated carbocycles. The lowest BCUT2D eigenvalue weighted by Crippen LogP contribution is -2.39. The van der Waals surface area contributed by atoms with Crippen molar-refractivity contribution in [2.24, 2.45) is 5.92 Å². The fourth-order valence-electron chi connectivity index (χ4n) is 4.88. The molecular weight excluding hydrogens is 414 g/mol. The number of nitrogens with zero attached hydrogens (tertiary/aromatic N) is 2. The maximum Gasteiger partial charge on any atom is 0.319 e. The molecule has 0 atom stereocenters. The van der Waals surface area contributed by atoms with Gasteiger partial charge >= 0.3 is 6.03 Å². The van der Waals surface area contributed by atoms with E-state index < -0.39 is 0 Å². The molecule has 33 heavy (non-hydrogen) atoms. The van der Waals surface area contributed by atoms with Gasteiger partial charge in [0.1, 0.15) is 0 Å². The van der Waals surface area contributed by atoms with E-state index in [1.54, 1.807) is 0 Å². The molecule has 3 amide bonds. The summed E-state index contributed by atoms with van der Waals surface area (Å²) in [4.78, 5) is 30.4. The van der Waals surface area contributed by atoms with Gasteiger partial charge in [0.15, 0.2) is 0 Å². The first-order valence-corrected chi connectivity index (χ1v) is 13.0. The van der Waals surface area contributed by atoms with Crippen LogP contribution in [0.3, 0.4) is 0 Å². The molecule has 1 aromatic rings. The van der Waals surface area contributed by atoms with E-state index >= 15 is 0 Å². The van der Waals surface area contributed by atoms with Gasteiger partial charge in [0.05, 0.1) is 5.56 Å².